The number of hydrogen-bond donors (Lipinski definition) is 1. The van der Waals surface area contributed by atoms with E-state index in [0.29, 0.717) is 12.3 Å². The molecule has 0 amide bonds. The minimum absolute atomic E-state index is 0.0365. The van der Waals surface area contributed by atoms with E-state index in [4.69, 9.17) is 5.11 Å². The van der Waals surface area contributed by atoms with Gasteiger partial charge in [-0.1, -0.05) is 39.0 Å². The van der Waals surface area contributed by atoms with Crippen LogP contribution in [0.4, 0.5) is 8.78 Å². The smallest absolute Gasteiger partial charge is 0.129 e. The summed E-state index contributed by atoms with van der Waals surface area (Å²) in [5.41, 5.74) is 0.968. The fourth-order valence-corrected chi connectivity index (χ4v) is 5.72. The molecule has 1 aromatic rings. The molecule has 0 unspecified atom stereocenters. The number of aliphatic hydroxyl groups is 1. The fourth-order valence-electron chi connectivity index (χ4n) is 5.72. The maximum atomic E-state index is 14.4. The van der Waals surface area contributed by atoms with E-state index in [1.807, 2.05) is 0 Å². The SMILES string of the molecule is CCCCC1CCC(C2CCC(c3cc(F)c(CCCO)c(F)c3)CC2)CC1. The van der Waals surface area contributed by atoms with E-state index in [1.165, 1.54) is 57.8 Å². The van der Waals surface area contributed by atoms with Crippen molar-refractivity contribution in [2.75, 3.05) is 6.61 Å². The number of aliphatic hydroxyl groups excluding tert-OH is 1. The topological polar surface area (TPSA) is 20.2 Å². The summed E-state index contributed by atoms with van der Waals surface area (Å²) in [6.45, 7) is 2.25. The Bertz CT molecular complexity index is 576. The lowest BCUT2D eigenvalue weighted by molar-refractivity contribution is 0.156. The zero-order valence-electron chi connectivity index (χ0n) is 17.6. The van der Waals surface area contributed by atoms with E-state index in [1.54, 1.807) is 12.1 Å². The highest BCUT2D eigenvalue weighted by Crippen LogP contribution is 2.44. The maximum absolute atomic E-state index is 14.4. The standard InChI is InChI=1S/C25H38F2O/c1-2-3-5-18-7-9-19(10-8-18)20-11-13-21(14-12-20)22-16-24(26)23(6-4-15-28)25(27)17-22/h16-21,28H,2-15H2,1H3. The van der Waals surface area contributed by atoms with Crippen molar-refractivity contribution in [3.63, 3.8) is 0 Å². The average molecular weight is 393 g/mol. The molecule has 0 aliphatic heterocycles. The molecule has 0 aromatic heterocycles. The first-order valence-electron chi connectivity index (χ1n) is 11.7. The third kappa shape index (κ3) is 5.55. The van der Waals surface area contributed by atoms with Crippen molar-refractivity contribution in [3.8, 4) is 0 Å². The molecular formula is C25H38F2O. The predicted octanol–water partition coefficient (Wildman–Crippen LogP) is 7.16. The Kier molecular flexibility index (Phi) is 8.32. The van der Waals surface area contributed by atoms with Crippen molar-refractivity contribution in [1.82, 2.24) is 0 Å². The number of benzene rings is 1. The van der Waals surface area contributed by atoms with Gasteiger partial charge in [0.15, 0.2) is 0 Å². The average Bonchev–Trinajstić information content (AvgIpc) is 2.72. The van der Waals surface area contributed by atoms with E-state index in [0.717, 1.165) is 36.2 Å². The first-order valence-corrected chi connectivity index (χ1v) is 11.7. The minimum Gasteiger partial charge on any atom is -0.396 e. The Hall–Kier alpha value is -0.960. The molecule has 158 valence electrons. The molecule has 0 bridgehead atoms. The zero-order valence-corrected chi connectivity index (χ0v) is 17.6. The molecule has 3 rings (SSSR count). The van der Waals surface area contributed by atoms with Crippen molar-refractivity contribution in [3.05, 3.63) is 34.9 Å². The van der Waals surface area contributed by atoms with Crippen molar-refractivity contribution in [2.45, 2.75) is 96.3 Å². The molecule has 0 atom stereocenters. The van der Waals surface area contributed by atoms with Gasteiger partial charge in [0.25, 0.3) is 0 Å². The second-order valence-electron chi connectivity index (χ2n) is 9.33. The lowest BCUT2D eigenvalue weighted by atomic mass is 9.68. The van der Waals surface area contributed by atoms with E-state index < -0.39 is 11.6 Å². The van der Waals surface area contributed by atoms with Gasteiger partial charge in [0.05, 0.1) is 0 Å². The Morgan fingerprint density at radius 2 is 1.43 bits per heavy atom. The van der Waals surface area contributed by atoms with Crippen molar-refractivity contribution < 1.29 is 13.9 Å². The summed E-state index contributed by atoms with van der Waals surface area (Å²) in [5.74, 6) is 2.10. The first-order chi connectivity index (χ1) is 13.6. The molecule has 0 spiro atoms. The number of hydrogen-bond acceptors (Lipinski definition) is 1. The van der Waals surface area contributed by atoms with Gasteiger partial charge in [0, 0.05) is 12.2 Å². The largest absolute Gasteiger partial charge is 0.396 e. The molecule has 2 fully saturated rings. The van der Waals surface area contributed by atoms with Gasteiger partial charge >= 0.3 is 0 Å². The predicted molar refractivity (Wildman–Crippen MR) is 111 cm³/mol. The summed E-state index contributed by atoms with van der Waals surface area (Å²) in [4.78, 5) is 0. The van der Waals surface area contributed by atoms with Gasteiger partial charge in [-0.25, -0.2) is 8.78 Å². The van der Waals surface area contributed by atoms with Gasteiger partial charge in [-0.2, -0.15) is 0 Å². The molecule has 2 aliphatic carbocycles. The summed E-state index contributed by atoms with van der Waals surface area (Å²) < 4.78 is 28.7. The Morgan fingerprint density at radius 3 is 1.96 bits per heavy atom. The molecule has 0 heterocycles. The van der Waals surface area contributed by atoms with Gasteiger partial charge in [-0.3, -0.25) is 0 Å². The first kappa shape index (κ1) is 21.7. The summed E-state index contributed by atoms with van der Waals surface area (Å²) in [6.07, 6.45) is 15.0. The molecule has 0 radical (unpaired) electrons. The normalized spacial score (nSPS) is 28.4. The van der Waals surface area contributed by atoms with Crippen LogP contribution >= 0.6 is 0 Å². The van der Waals surface area contributed by atoms with Crippen LogP contribution in [0, 0.1) is 29.4 Å². The fraction of sp³-hybridized carbons (Fsp3) is 0.760. The molecule has 1 N–H and O–H groups in total. The quantitative estimate of drug-likeness (QED) is 0.497. The lowest BCUT2D eigenvalue weighted by Crippen LogP contribution is -2.25. The van der Waals surface area contributed by atoms with Gasteiger partial charge < -0.3 is 5.11 Å². The molecule has 28 heavy (non-hydrogen) atoms. The summed E-state index contributed by atoms with van der Waals surface area (Å²) in [5, 5.41) is 8.91. The molecular weight excluding hydrogens is 354 g/mol. The van der Waals surface area contributed by atoms with Gasteiger partial charge in [-0.05, 0) is 92.7 Å². The number of unbranched alkanes of at least 4 members (excludes halogenated alkanes) is 1. The Labute approximate surface area is 169 Å². The zero-order chi connectivity index (χ0) is 19.9. The lowest BCUT2D eigenvalue weighted by Gasteiger charge is -2.38. The summed E-state index contributed by atoms with van der Waals surface area (Å²) in [6, 6.07) is 3.11. The van der Waals surface area contributed by atoms with Crippen LogP contribution in [0.5, 0.6) is 0 Å². The summed E-state index contributed by atoms with van der Waals surface area (Å²) >= 11 is 0. The molecule has 1 aromatic carbocycles. The second kappa shape index (κ2) is 10.7. The van der Waals surface area contributed by atoms with E-state index >= 15 is 0 Å². The monoisotopic (exact) mass is 392 g/mol. The third-order valence-corrected chi connectivity index (χ3v) is 7.52. The molecule has 2 saturated carbocycles. The van der Waals surface area contributed by atoms with Gasteiger partial charge in [0.1, 0.15) is 11.6 Å². The van der Waals surface area contributed by atoms with Gasteiger partial charge in [-0.15, -0.1) is 0 Å². The van der Waals surface area contributed by atoms with Gasteiger partial charge in [0.2, 0.25) is 0 Å². The van der Waals surface area contributed by atoms with Crippen LogP contribution in [0.25, 0.3) is 0 Å². The highest BCUT2D eigenvalue weighted by atomic mass is 19.1. The van der Waals surface area contributed by atoms with E-state index in [2.05, 4.69) is 6.92 Å². The molecule has 2 aliphatic rings. The summed E-state index contributed by atoms with van der Waals surface area (Å²) in [7, 11) is 0. The van der Waals surface area contributed by atoms with Crippen molar-refractivity contribution >= 4 is 0 Å². The second-order valence-corrected chi connectivity index (χ2v) is 9.33. The molecule has 0 saturated heterocycles. The highest BCUT2D eigenvalue weighted by Gasteiger charge is 2.31. The third-order valence-electron chi connectivity index (χ3n) is 7.52. The molecule has 1 nitrogen and oxygen atoms in total. The number of halogens is 2. The molecule has 3 heteroatoms. The number of rotatable bonds is 8. The van der Waals surface area contributed by atoms with Crippen molar-refractivity contribution in [2.24, 2.45) is 17.8 Å². The Morgan fingerprint density at radius 1 is 0.857 bits per heavy atom. The van der Waals surface area contributed by atoms with Crippen LogP contribution in [-0.2, 0) is 6.42 Å². The van der Waals surface area contributed by atoms with Crippen LogP contribution in [0.1, 0.15) is 101 Å². The van der Waals surface area contributed by atoms with Crippen LogP contribution in [-0.4, -0.2) is 11.7 Å². The Balaban J connectivity index is 1.50. The van der Waals surface area contributed by atoms with Crippen LogP contribution in [0.2, 0.25) is 0 Å². The van der Waals surface area contributed by atoms with E-state index in [-0.39, 0.29) is 18.6 Å². The van der Waals surface area contributed by atoms with Crippen molar-refractivity contribution in [1.29, 1.82) is 0 Å². The van der Waals surface area contributed by atoms with Crippen LogP contribution in [0.3, 0.4) is 0 Å². The van der Waals surface area contributed by atoms with E-state index in [9.17, 15) is 8.78 Å². The highest BCUT2D eigenvalue weighted by molar-refractivity contribution is 5.29. The maximum Gasteiger partial charge on any atom is 0.129 e. The van der Waals surface area contributed by atoms with Crippen LogP contribution < -0.4 is 0 Å². The van der Waals surface area contributed by atoms with Crippen LogP contribution in [0.15, 0.2) is 12.1 Å². The minimum atomic E-state index is -0.434.